The number of nitrogens with zero attached hydrogens (tertiary/aromatic N) is 2. The Balaban J connectivity index is 1.58. The van der Waals surface area contributed by atoms with Crippen LogP contribution in [0.2, 0.25) is 0 Å². The van der Waals surface area contributed by atoms with E-state index in [9.17, 15) is 14.4 Å². The zero-order chi connectivity index (χ0) is 21.3. The first-order chi connectivity index (χ1) is 14.4. The maximum atomic E-state index is 12.8. The van der Waals surface area contributed by atoms with Crippen molar-refractivity contribution in [3.05, 3.63) is 75.3 Å². The lowest BCUT2D eigenvalue weighted by atomic mass is 10.1. The topological polar surface area (TPSA) is 78.3 Å². The van der Waals surface area contributed by atoms with Gasteiger partial charge >= 0.3 is 5.97 Å². The van der Waals surface area contributed by atoms with Crippen LogP contribution < -0.4 is 5.56 Å². The molecule has 1 aliphatic rings. The van der Waals surface area contributed by atoms with Crippen LogP contribution >= 0.6 is 0 Å². The standard InChI is InChI=1S/C24H24N2O4/c1-15-7-9-17(10-8-15)22(27)16(2)30-24(29)18-11-12-19-20(14-18)25-21-6-4-3-5-13-26(21)23(19)28/h7-12,14,16H,3-6,13H2,1-2H3. The van der Waals surface area contributed by atoms with Crippen molar-refractivity contribution in [1.29, 1.82) is 0 Å². The van der Waals surface area contributed by atoms with Gasteiger partial charge in [0.15, 0.2) is 6.10 Å². The number of hydrogen-bond acceptors (Lipinski definition) is 5. The zero-order valence-electron chi connectivity index (χ0n) is 17.2. The van der Waals surface area contributed by atoms with Crippen molar-refractivity contribution in [2.45, 2.75) is 52.2 Å². The number of carbonyl (C=O) groups excluding carboxylic acids is 2. The molecule has 0 saturated heterocycles. The maximum absolute atomic E-state index is 12.8. The van der Waals surface area contributed by atoms with Gasteiger partial charge in [-0.3, -0.25) is 14.2 Å². The number of aromatic nitrogens is 2. The molecule has 1 atom stereocenters. The second-order valence-electron chi connectivity index (χ2n) is 7.81. The summed E-state index contributed by atoms with van der Waals surface area (Å²) in [5.74, 6) is -0.106. The van der Waals surface area contributed by atoms with Gasteiger partial charge in [0.2, 0.25) is 5.78 Å². The highest BCUT2D eigenvalue weighted by Gasteiger charge is 2.21. The normalized spacial score (nSPS) is 14.6. The first-order valence-corrected chi connectivity index (χ1v) is 10.3. The Hall–Kier alpha value is -3.28. The van der Waals surface area contributed by atoms with E-state index in [0.717, 1.165) is 37.1 Å². The van der Waals surface area contributed by atoms with Gasteiger partial charge in [-0.05, 0) is 44.9 Å². The van der Waals surface area contributed by atoms with Gasteiger partial charge in [0.05, 0.1) is 16.5 Å². The van der Waals surface area contributed by atoms with Gasteiger partial charge in [0, 0.05) is 18.5 Å². The van der Waals surface area contributed by atoms with Crippen LogP contribution in [0.15, 0.2) is 47.3 Å². The second-order valence-corrected chi connectivity index (χ2v) is 7.81. The third-order valence-electron chi connectivity index (χ3n) is 5.54. The van der Waals surface area contributed by atoms with E-state index in [-0.39, 0.29) is 16.9 Å². The maximum Gasteiger partial charge on any atom is 0.338 e. The number of carbonyl (C=O) groups is 2. The monoisotopic (exact) mass is 404 g/mol. The molecule has 2 aromatic carbocycles. The highest BCUT2D eigenvalue weighted by molar-refractivity contribution is 6.02. The molecule has 30 heavy (non-hydrogen) atoms. The molecular weight excluding hydrogens is 380 g/mol. The van der Waals surface area contributed by atoms with E-state index in [0.29, 0.717) is 23.0 Å². The fourth-order valence-corrected chi connectivity index (χ4v) is 3.78. The average Bonchev–Trinajstić information content (AvgIpc) is 2.99. The molecule has 0 fully saturated rings. The number of benzene rings is 2. The van der Waals surface area contributed by atoms with E-state index in [1.54, 1.807) is 41.8 Å². The van der Waals surface area contributed by atoms with Crippen LogP contribution in [0.4, 0.5) is 0 Å². The van der Waals surface area contributed by atoms with Crippen LogP contribution in [0, 0.1) is 6.92 Å². The van der Waals surface area contributed by atoms with E-state index in [2.05, 4.69) is 4.98 Å². The van der Waals surface area contributed by atoms with Gasteiger partial charge in [-0.15, -0.1) is 0 Å². The van der Waals surface area contributed by atoms with Crippen molar-refractivity contribution >= 4 is 22.7 Å². The van der Waals surface area contributed by atoms with Crippen molar-refractivity contribution < 1.29 is 14.3 Å². The highest BCUT2D eigenvalue weighted by atomic mass is 16.5. The molecule has 0 radical (unpaired) electrons. The van der Waals surface area contributed by atoms with Crippen molar-refractivity contribution in [2.75, 3.05) is 0 Å². The molecule has 1 aliphatic heterocycles. The molecule has 0 amide bonds. The van der Waals surface area contributed by atoms with Gasteiger partial charge in [-0.1, -0.05) is 36.2 Å². The minimum Gasteiger partial charge on any atom is -0.451 e. The van der Waals surface area contributed by atoms with Crippen LogP contribution in [-0.4, -0.2) is 27.4 Å². The summed E-state index contributed by atoms with van der Waals surface area (Å²) in [5, 5.41) is 0.487. The van der Waals surface area contributed by atoms with Crippen molar-refractivity contribution in [1.82, 2.24) is 9.55 Å². The van der Waals surface area contributed by atoms with Gasteiger partial charge < -0.3 is 4.74 Å². The number of aryl methyl sites for hydroxylation is 2. The van der Waals surface area contributed by atoms with Crippen LogP contribution in [0.3, 0.4) is 0 Å². The molecular formula is C24H24N2O4. The van der Waals surface area contributed by atoms with Gasteiger partial charge in [0.25, 0.3) is 5.56 Å². The summed E-state index contributed by atoms with van der Waals surface area (Å²) in [7, 11) is 0. The van der Waals surface area contributed by atoms with E-state index in [1.165, 1.54) is 0 Å². The number of rotatable bonds is 4. The summed E-state index contributed by atoms with van der Waals surface area (Å²) >= 11 is 0. The van der Waals surface area contributed by atoms with Crippen LogP contribution in [0.1, 0.15) is 58.3 Å². The number of ketones is 1. The molecule has 0 N–H and O–H groups in total. The number of esters is 1. The summed E-state index contributed by atoms with van der Waals surface area (Å²) in [6.45, 7) is 4.18. The Kier molecular flexibility index (Phi) is 5.48. The lowest BCUT2D eigenvalue weighted by molar-refractivity contribution is 0.0319. The van der Waals surface area contributed by atoms with Crippen LogP contribution in [0.25, 0.3) is 10.9 Å². The molecule has 3 aromatic rings. The molecule has 2 heterocycles. The predicted octanol–water partition coefficient (Wildman–Crippen LogP) is 3.86. The van der Waals surface area contributed by atoms with Crippen molar-refractivity contribution in [3.63, 3.8) is 0 Å². The molecule has 0 saturated carbocycles. The van der Waals surface area contributed by atoms with Gasteiger partial charge in [0.1, 0.15) is 5.82 Å². The number of Topliss-reactive ketones (excluding diaryl/α,β-unsaturated/α-hetero) is 1. The molecule has 0 aliphatic carbocycles. The molecule has 4 rings (SSSR count). The van der Waals surface area contributed by atoms with Crippen molar-refractivity contribution in [2.24, 2.45) is 0 Å². The predicted molar refractivity (Wildman–Crippen MR) is 114 cm³/mol. The molecule has 0 spiro atoms. The fourth-order valence-electron chi connectivity index (χ4n) is 3.78. The summed E-state index contributed by atoms with van der Waals surface area (Å²) in [6, 6.07) is 11.9. The molecule has 6 heteroatoms. The van der Waals surface area contributed by atoms with E-state index >= 15 is 0 Å². The Morgan fingerprint density at radius 1 is 1.03 bits per heavy atom. The molecule has 0 bridgehead atoms. The zero-order valence-corrected chi connectivity index (χ0v) is 17.2. The van der Waals surface area contributed by atoms with E-state index < -0.39 is 12.1 Å². The third-order valence-corrected chi connectivity index (χ3v) is 5.54. The van der Waals surface area contributed by atoms with Crippen LogP contribution in [0.5, 0.6) is 0 Å². The lowest BCUT2D eigenvalue weighted by Crippen LogP contribution is -2.25. The Bertz CT molecular complexity index is 1180. The van der Waals surface area contributed by atoms with E-state index in [1.807, 2.05) is 19.1 Å². The SMILES string of the molecule is Cc1ccc(C(=O)C(C)OC(=O)c2ccc3c(=O)n4c(nc3c2)CCCCC4)cc1. The third kappa shape index (κ3) is 3.90. The Morgan fingerprint density at radius 2 is 1.77 bits per heavy atom. The fraction of sp³-hybridized carbons (Fsp3) is 0.333. The average molecular weight is 404 g/mol. The van der Waals surface area contributed by atoms with Gasteiger partial charge in [-0.25, -0.2) is 9.78 Å². The summed E-state index contributed by atoms with van der Waals surface area (Å²) < 4.78 is 7.14. The smallest absolute Gasteiger partial charge is 0.338 e. The first kappa shape index (κ1) is 20.0. The summed E-state index contributed by atoms with van der Waals surface area (Å²) in [5.41, 5.74) is 2.24. The number of hydrogen-bond donors (Lipinski definition) is 0. The minimum absolute atomic E-state index is 0.0697. The summed E-state index contributed by atoms with van der Waals surface area (Å²) in [6.07, 6.45) is 2.88. The minimum atomic E-state index is -0.915. The molecule has 1 aromatic heterocycles. The van der Waals surface area contributed by atoms with Crippen molar-refractivity contribution in [3.8, 4) is 0 Å². The quantitative estimate of drug-likeness (QED) is 0.487. The molecule has 1 unspecified atom stereocenters. The Morgan fingerprint density at radius 3 is 2.53 bits per heavy atom. The first-order valence-electron chi connectivity index (χ1n) is 10.3. The Labute approximate surface area is 174 Å². The highest BCUT2D eigenvalue weighted by Crippen LogP contribution is 2.18. The second kappa shape index (κ2) is 8.22. The largest absolute Gasteiger partial charge is 0.451 e. The molecule has 154 valence electrons. The van der Waals surface area contributed by atoms with Gasteiger partial charge in [-0.2, -0.15) is 0 Å². The lowest BCUT2D eigenvalue weighted by Gasteiger charge is -2.13. The number of ether oxygens (including phenoxy) is 1. The summed E-state index contributed by atoms with van der Waals surface area (Å²) in [4.78, 5) is 42.6. The number of fused-ring (bicyclic) bond motifs is 2. The van der Waals surface area contributed by atoms with E-state index in [4.69, 9.17) is 4.74 Å². The van der Waals surface area contributed by atoms with Crippen LogP contribution in [-0.2, 0) is 17.7 Å². The molecule has 6 nitrogen and oxygen atoms in total.